The zero-order chi connectivity index (χ0) is 16.3. The molecule has 0 radical (unpaired) electrons. The first kappa shape index (κ1) is 16.7. The molecule has 1 heterocycles. The van der Waals surface area contributed by atoms with Crippen LogP contribution in [0.4, 0.5) is 0 Å². The predicted octanol–water partition coefficient (Wildman–Crippen LogP) is 2.42. The minimum atomic E-state index is -2.00. The van der Waals surface area contributed by atoms with Crippen molar-refractivity contribution >= 4 is 29.2 Å². The summed E-state index contributed by atoms with van der Waals surface area (Å²) in [4.78, 5) is 16.2. The van der Waals surface area contributed by atoms with E-state index >= 15 is 0 Å². The number of halogens is 2. The summed E-state index contributed by atoms with van der Waals surface area (Å²) in [7, 11) is 0. The molecule has 0 spiro atoms. The standard InChI is InChI=1S/C14H15Cl2N3O3/c1-9(2)22-13(20)14(21,6-19-8-17-7-18-19)11-4-3-10(15)5-12(11)16/h3-5,7-9,21H,6H2,1-2H3. The maximum absolute atomic E-state index is 12.4. The largest absolute Gasteiger partial charge is 0.461 e. The first-order valence-corrected chi connectivity index (χ1v) is 7.30. The number of hydrogen-bond donors (Lipinski definition) is 1. The second kappa shape index (κ2) is 6.64. The van der Waals surface area contributed by atoms with Crippen molar-refractivity contribution in [2.75, 3.05) is 0 Å². The number of aliphatic hydroxyl groups is 1. The number of carbonyl (C=O) groups excluding carboxylic acids is 1. The van der Waals surface area contributed by atoms with Crippen LogP contribution in [0.25, 0.3) is 0 Å². The molecular formula is C14H15Cl2N3O3. The normalized spacial score (nSPS) is 13.9. The van der Waals surface area contributed by atoms with Crippen LogP contribution in [0.1, 0.15) is 19.4 Å². The molecule has 118 valence electrons. The number of esters is 1. The SMILES string of the molecule is CC(C)OC(=O)C(O)(Cn1cncn1)c1ccc(Cl)cc1Cl. The molecule has 22 heavy (non-hydrogen) atoms. The van der Waals surface area contributed by atoms with Crippen LogP contribution in [0.15, 0.2) is 30.9 Å². The van der Waals surface area contributed by atoms with Gasteiger partial charge in [-0.3, -0.25) is 0 Å². The Morgan fingerprint density at radius 2 is 2.18 bits per heavy atom. The van der Waals surface area contributed by atoms with Gasteiger partial charge in [0, 0.05) is 15.6 Å². The van der Waals surface area contributed by atoms with E-state index in [0.29, 0.717) is 5.02 Å². The summed E-state index contributed by atoms with van der Waals surface area (Å²) in [6.07, 6.45) is 2.30. The van der Waals surface area contributed by atoms with Gasteiger partial charge in [-0.05, 0) is 26.0 Å². The summed E-state index contributed by atoms with van der Waals surface area (Å²) in [6.45, 7) is 3.20. The van der Waals surface area contributed by atoms with E-state index in [1.165, 1.54) is 35.5 Å². The van der Waals surface area contributed by atoms with Crippen molar-refractivity contribution in [3.63, 3.8) is 0 Å². The van der Waals surface area contributed by atoms with Gasteiger partial charge in [0.1, 0.15) is 12.7 Å². The lowest BCUT2D eigenvalue weighted by Crippen LogP contribution is -2.42. The van der Waals surface area contributed by atoms with Crippen molar-refractivity contribution in [3.05, 3.63) is 46.5 Å². The third-order valence-corrected chi connectivity index (χ3v) is 3.46. The first-order chi connectivity index (χ1) is 10.3. The molecule has 1 aromatic heterocycles. The van der Waals surface area contributed by atoms with Crippen LogP contribution >= 0.6 is 23.2 Å². The Hall–Kier alpha value is -1.63. The molecule has 0 aliphatic heterocycles. The molecule has 0 saturated carbocycles. The van der Waals surface area contributed by atoms with Gasteiger partial charge in [-0.1, -0.05) is 29.3 Å². The Balaban J connectivity index is 2.46. The second-order valence-corrected chi connectivity index (χ2v) is 5.88. The fraction of sp³-hybridized carbons (Fsp3) is 0.357. The highest BCUT2D eigenvalue weighted by molar-refractivity contribution is 6.35. The van der Waals surface area contributed by atoms with Gasteiger partial charge in [0.15, 0.2) is 0 Å². The molecule has 2 rings (SSSR count). The van der Waals surface area contributed by atoms with E-state index in [2.05, 4.69) is 10.1 Å². The maximum Gasteiger partial charge on any atom is 0.345 e. The zero-order valence-electron chi connectivity index (χ0n) is 12.0. The topological polar surface area (TPSA) is 77.2 Å². The van der Waals surface area contributed by atoms with Crippen LogP contribution in [0.2, 0.25) is 10.0 Å². The average molecular weight is 344 g/mol. The molecule has 8 heteroatoms. The van der Waals surface area contributed by atoms with Crippen LogP contribution in [-0.4, -0.2) is 31.9 Å². The highest BCUT2D eigenvalue weighted by Crippen LogP contribution is 2.33. The average Bonchev–Trinajstić information content (AvgIpc) is 2.90. The highest BCUT2D eigenvalue weighted by atomic mass is 35.5. The molecular weight excluding hydrogens is 329 g/mol. The summed E-state index contributed by atoms with van der Waals surface area (Å²) in [5.74, 6) is -0.817. The van der Waals surface area contributed by atoms with Crippen molar-refractivity contribution < 1.29 is 14.6 Å². The summed E-state index contributed by atoms with van der Waals surface area (Å²) in [5.41, 5.74) is -1.81. The molecule has 1 atom stereocenters. The molecule has 0 amide bonds. The number of ether oxygens (including phenoxy) is 1. The third-order valence-electron chi connectivity index (χ3n) is 2.91. The summed E-state index contributed by atoms with van der Waals surface area (Å²) in [6, 6.07) is 4.48. The fourth-order valence-corrected chi connectivity index (χ4v) is 2.51. The molecule has 1 unspecified atom stereocenters. The van der Waals surface area contributed by atoms with Crippen LogP contribution in [0.5, 0.6) is 0 Å². The molecule has 0 bridgehead atoms. The second-order valence-electron chi connectivity index (χ2n) is 5.03. The minimum absolute atomic E-state index is 0.163. The van der Waals surface area contributed by atoms with E-state index in [0.717, 1.165) is 0 Å². The molecule has 0 aliphatic rings. The zero-order valence-corrected chi connectivity index (χ0v) is 13.5. The lowest BCUT2D eigenvalue weighted by Gasteiger charge is -2.28. The third kappa shape index (κ3) is 3.58. The number of nitrogens with zero attached hydrogens (tertiary/aromatic N) is 3. The molecule has 0 fully saturated rings. The van der Waals surface area contributed by atoms with Crippen LogP contribution in [0.3, 0.4) is 0 Å². The lowest BCUT2D eigenvalue weighted by molar-refractivity contribution is -0.173. The van der Waals surface area contributed by atoms with E-state index in [1.54, 1.807) is 13.8 Å². The van der Waals surface area contributed by atoms with Gasteiger partial charge in [-0.25, -0.2) is 14.5 Å². The van der Waals surface area contributed by atoms with Crippen LogP contribution in [0, 0.1) is 0 Å². The van der Waals surface area contributed by atoms with Crippen molar-refractivity contribution in [3.8, 4) is 0 Å². The lowest BCUT2D eigenvalue weighted by atomic mass is 9.93. The first-order valence-electron chi connectivity index (χ1n) is 6.54. The molecule has 0 aliphatic carbocycles. The van der Waals surface area contributed by atoms with Crippen molar-refractivity contribution in [2.24, 2.45) is 0 Å². The fourth-order valence-electron chi connectivity index (χ4n) is 1.94. The van der Waals surface area contributed by atoms with Crippen molar-refractivity contribution in [1.82, 2.24) is 14.8 Å². The Bertz CT molecular complexity index is 661. The molecule has 2 aromatic rings. The molecule has 0 saturated heterocycles. The van der Waals surface area contributed by atoms with Gasteiger partial charge in [0.05, 0.1) is 12.6 Å². The van der Waals surface area contributed by atoms with Crippen LogP contribution in [-0.2, 0) is 21.7 Å². The van der Waals surface area contributed by atoms with Crippen LogP contribution < -0.4 is 0 Å². The van der Waals surface area contributed by atoms with Gasteiger partial charge in [0.2, 0.25) is 5.60 Å². The quantitative estimate of drug-likeness (QED) is 0.843. The summed E-state index contributed by atoms with van der Waals surface area (Å²) in [5, 5.41) is 15.4. The maximum atomic E-state index is 12.4. The Morgan fingerprint density at radius 3 is 2.73 bits per heavy atom. The van der Waals surface area contributed by atoms with Crippen molar-refractivity contribution in [1.29, 1.82) is 0 Å². The molecule has 1 aromatic carbocycles. The number of aromatic nitrogens is 3. The van der Waals surface area contributed by atoms with Gasteiger partial charge < -0.3 is 9.84 Å². The number of rotatable bonds is 5. The van der Waals surface area contributed by atoms with Crippen molar-refractivity contribution in [2.45, 2.75) is 32.1 Å². The monoisotopic (exact) mass is 343 g/mol. The van der Waals surface area contributed by atoms with Gasteiger partial charge in [0.25, 0.3) is 0 Å². The van der Waals surface area contributed by atoms with E-state index in [1.807, 2.05) is 0 Å². The smallest absolute Gasteiger partial charge is 0.345 e. The summed E-state index contributed by atoms with van der Waals surface area (Å²) >= 11 is 12.0. The van der Waals surface area contributed by atoms with Gasteiger partial charge in [-0.2, -0.15) is 5.10 Å². The highest BCUT2D eigenvalue weighted by Gasteiger charge is 2.42. The molecule has 6 nitrogen and oxygen atoms in total. The van der Waals surface area contributed by atoms with E-state index in [9.17, 15) is 9.90 Å². The van der Waals surface area contributed by atoms with Gasteiger partial charge >= 0.3 is 5.97 Å². The minimum Gasteiger partial charge on any atom is -0.461 e. The van der Waals surface area contributed by atoms with E-state index < -0.39 is 11.6 Å². The Labute approximate surface area is 137 Å². The number of hydrogen-bond acceptors (Lipinski definition) is 5. The molecule has 1 N–H and O–H groups in total. The Morgan fingerprint density at radius 1 is 1.45 bits per heavy atom. The number of carbonyl (C=O) groups is 1. The van der Waals surface area contributed by atoms with Gasteiger partial charge in [-0.15, -0.1) is 0 Å². The predicted molar refractivity (Wildman–Crippen MR) is 81.6 cm³/mol. The van der Waals surface area contributed by atoms with E-state index in [4.69, 9.17) is 27.9 Å². The number of benzene rings is 1. The Kier molecular flexibility index (Phi) is 5.05. The summed E-state index contributed by atoms with van der Waals surface area (Å²) < 4.78 is 6.49. The van der Waals surface area contributed by atoms with E-state index in [-0.39, 0.29) is 23.2 Å².